The molecule has 1 saturated heterocycles. The number of amides is 3. The van der Waals surface area contributed by atoms with Gasteiger partial charge >= 0.3 is 6.03 Å². The summed E-state index contributed by atoms with van der Waals surface area (Å²) in [5.41, 5.74) is 2.29. The number of likely N-dealkylation sites (tertiary alicyclic amines) is 1. The van der Waals surface area contributed by atoms with Gasteiger partial charge in [-0.05, 0) is 49.6 Å². The third kappa shape index (κ3) is 4.38. The molecule has 0 radical (unpaired) electrons. The maximum Gasteiger partial charge on any atom is 0.317 e. The minimum atomic E-state index is -0.147. The molecule has 5 nitrogen and oxygen atoms in total. The lowest BCUT2D eigenvalue weighted by molar-refractivity contribution is 0.102. The number of carbonyl (C=O) groups excluding carboxylic acids is 2. The molecule has 1 heterocycles. The smallest absolute Gasteiger partial charge is 0.317 e. The Morgan fingerprint density at radius 2 is 1.72 bits per heavy atom. The zero-order chi connectivity index (χ0) is 17.6. The van der Waals surface area contributed by atoms with Gasteiger partial charge in [0, 0.05) is 24.3 Å². The number of benzene rings is 2. The van der Waals surface area contributed by atoms with Gasteiger partial charge in [0.2, 0.25) is 0 Å². The molecule has 0 spiro atoms. The minimum Gasteiger partial charge on any atom is -0.331 e. The fourth-order valence-corrected chi connectivity index (χ4v) is 2.96. The Morgan fingerprint density at radius 3 is 2.44 bits per heavy atom. The van der Waals surface area contributed by atoms with Crippen LogP contribution in [0, 0.1) is 0 Å². The minimum absolute atomic E-state index is 0.0243. The van der Waals surface area contributed by atoms with Crippen molar-refractivity contribution in [3.8, 4) is 0 Å². The Balaban J connectivity index is 1.64. The van der Waals surface area contributed by atoms with Crippen molar-refractivity contribution in [1.82, 2.24) is 10.2 Å². The number of rotatable bonds is 4. The summed E-state index contributed by atoms with van der Waals surface area (Å²) < 4.78 is 0. The first-order valence-corrected chi connectivity index (χ1v) is 8.65. The third-order valence-corrected chi connectivity index (χ3v) is 4.41. The molecule has 1 atom stereocenters. The average Bonchev–Trinajstić information content (AvgIpc) is 3.17. The molecule has 2 aromatic carbocycles. The van der Waals surface area contributed by atoms with E-state index < -0.39 is 0 Å². The molecule has 2 aromatic rings. The summed E-state index contributed by atoms with van der Waals surface area (Å²) in [5.74, 6) is -0.147. The molecular weight excluding hydrogens is 314 g/mol. The SMILES string of the molecule is CC(NC(=O)N1CCCC1)c1cccc(NC(=O)c2ccccc2)c1. The summed E-state index contributed by atoms with van der Waals surface area (Å²) in [6, 6.07) is 16.5. The third-order valence-electron chi connectivity index (χ3n) is 4.41. The molecule has 1 fully saturated rings. The molecule has 5 heteroatoms. The van der Waals surface area contributed by atoms with Crippen LogP contribution in [0.2, 0.25) is 0 Å². The number of nitrogens with one attached hydrogen (secondary N) is 2. The van der Waals surface area contributed by atoms with Crippen molar-refractivity contribution >= 4 is 17.6 Å². The normalized spacial score (nSPS) is 14.8. The van der Waals surface area contributed by atoms with Crippen molar-refractivity contribution in [2.45, 2.75) is 25.8 Å². The zero-order valence-corrected chi connectivity index (χ0v) is 14.4. The van der Waals surface area contributed by atoms with Crippen molar-refractivity contribution in [1.29, 1.82) is 0 Å². The Morgan fingerprint density at radius 1 is 1.00 bits per heavy atom. The second-order valence-electron chi connectivity index (χ2n) is 6.31. The van der Waals surface area contributed by atoms with E-state index in [1.54, 1.807) is 12.1 Å². The lowest BCUT2D eigenvalue weighted by Gasteiger charge is -2.21. The largest absolute Gasteiger partial charge is 0.331 e. The van der Waals surface area contributed by atoms with Crippen LogP contribution in [0.4, 0.5) is 10.5 Å². The van der Waals surface area contributed by atoms with E-state index in [0.29, 0.717) is 11.3 Å². The highest BCUT2D eigenvalue weighted by molar-refractivity contribution is 6.04. The molecule has 0 bridgehead atoms. The maximum absolute atomic E-state index is 12.3. The van der Waals surface area contributed by atoms with Gasteiger partial charge in [-0.2, -0.15) is 0 Å². The molecule has 3 amide bonds. The van der Waals surface area contributed by atoms with Crippen molar-refractivity contribution < 1.29 is 9.59 Å². The molecule has 1 aliphatic heterocycles. The number of hydrogen-bond acceptors (Lipinski definition) is 2. The standard InChI is InChI=1S/C20H23N3O2/c1-15(21-20(25)23-12-5-6-13-23)17-10-7-11-18(14-17)22-19(24)16-8-3-2-4-9-16/h2-4,7-11,14-15H,5-6,12-13H2,1H3,(H,21,25)(H,22,24). The summed E-state index contributed by atoms with van der Waals surface area (Å²) in [5, 5.41) is 5.92. The summed E-state index contributed by atoms with van der Waals surface area (Å²) in [7, 11) is 0. The van der Waals surface area contributed by atoms with Gasteiger partial charge in [0.05, 0.1) is 6.04 Å². The summed E-state index contributed by atoms with van der Waals surface area (Å²) in [4.78, 5) is 26.3. The number of carbonyl (C=O) groups is 2. The molecule has 1 aliphatic rings. The Kier molecular flexibility index (Phi) is 5.33. The quantitative estimate of drug-likeness (QED) is 0.891. The van der Waals surface area contributed by atoms with Crippen LogP contribution in [0.3, 0.4) is 0 Å². The van der Waals surface area contributed by atoms with E-state index in [1.165, 1.54) is 0 Å². The van der Waals surface area contributed by atoms with E-state index in [2.05, 4.69) is 10.6 Å². The number of hydrogen-bond donors (Lipinski definition) is 2. The monoisotopic (exact) mass is 337 g/mol. The molecule has 0 aromatic heterocycles. The first-order chi connectivity index (χ1) is 12.1. The van der Waals surface area contributed by atoms with Gasteiger partial charge in [-0.1, -0.05) is 30.3 Å². The predicted molar refractivity (Wildman–Crippen MR) is 98.6 cm³/mol. The molecule has 1 unspecified atom stereocenters. The van der Waals surface area contributed by atoms with E-state index in [4.69, 9.17) is 0 Å². The topological polar surface area (TPSA) is 61.4 Å². The fraction of sp³-hybridized carbons (Fsp3) is 0.300. The maximum atomic E-state index is 12.3. The molecule has 0 aliphatic carbocycles. The van der Waals surface area contributed by atoms with E-state index in [1.807, 2.05) is 54.3 Å². The molecule has 0 saturated carbocycles. The second kappa shape index (κ2) is 7.83. The van der Waals surface area contributed by atoms with Crippen LogP contribution < -0.4 is 10.6 Å². The zero-order valence-electron chi connectivity index (χ0n) is 14.4. The van der Waals surface area contributed by atoms with E-state index in [9.17, 15) is 9.59 Å². The van der Waals surface area contributed by atoms with Crippen molar-refractivity contribution in [3.05, 3.63) is 65.7 Å². The van der Waals surface area contributed by atoms with E-state index >= 15 is 0 Å². The van der Waals surface area contributed by atoms with Gasteiger partial charge in [0.15, 0.2) is 0 Å². The fourth-order valence-electron chi connectivity index (χ4n) is 2.96. The first-order valence-electron chi connectivity index (χ1n) is 8.65. The lowest BCUT2D eigenvalue weighted by Crippen LogP contribution is -2.39. The van der Waals surface area contributed by atoms with Crippen LogP contribution in [0.5, 0.6) is 0 Å². The van der Waals surface area contributed by atoms with Crippen LogP contribution >= 0.6 is 0 Å². The van der Waals surface area contributed by atoms with E-state index in [-0.39, 0.29) is 18.0 Å². The summed E-state index contributed by atoms with van der Waals surface area (Å²) in [6.45, 7) is 3.60. The van der Waals surface area contributed by atoms with Crippen LogP contribution in [0.15, 0.2) is 54.6 Å². The number of nitrogens with zero attached hydrogens (tertiary/aromatic N) is 1. The average molecular weight is 337 g/mol. The van der Waals surface area contributed by atoms with Gasteiger partial charge in [0.25, 0.3) is 5.91 Å². The Bertz CT molecular complexity index is 740. The van der Waals surface area contributed by atoms with Crippen molar-refractivity contribution in [3.63, 3.8) is 0 Å². The molecule has 130 valence electrons. The van der Waals surface area contributed by atoms with Crippen molar-refractivity contribution in [2.24, 2.45) is 0 Å². The predicted octanol–water partition coefficient (Wildman–Crippen LogP) is 3.81. The van der Waals surface area contributed by atoms with E-state index in [0.717, 1.165) is 31.5 Å². The van der Waals surface area contributed by atoms with Crippen LogP contribution in [-0.2, 0) is 0 Å². The van der Waals surface area contributed by atoms with Gasteiger partial charge in [-0.25, -0.2) is 4.79 Å². The number of urea groups is 1. The van der Waals surface area contributed by atoms with Crippen LogP contribution in [0.1, 0.15) is 41.7 Å². The molecule has 2 N–H and O–H groups in total. The highest BCUT2D eigenvalue weighted by Crippen LogP contribution is 2.19. The van der Waals surface area contributed by atoms with Gasteiger partial charge in [0.1, 0.15) is 0 Å². The first kappa shape index (κ1) is 17.0. The van der Waals surface area contributed by atoms with Gasteiger partial charge < -0.3 is 15.5 Å². The van der Waals surface area contributed by atoms with Gasteiger partial charge in [-0.3, -0.25) is 4.79 Å². The van der Waals surface area contributed by atoms with Crippen molar-refractivity contribution in [2.75, 3.05) is 18.4 Å². The Labute approximate surface area is 148 Å². The second-order valence-corrected chi connectivity index (χ2v) is 6.31. The highest BCUT2D eigenvalue weighted by atomic mass is 16.2. The number of anilines is 1. The Hall–Kier alpha value is -2.82. The lowest BCUT2D eigenvalue weighted by atomic mass is 10.1. The molecule has 25 heavy (non-hydrogen) atoms. The van der Waals surface area contributed by atoms with Gasteiger partial charge in [-0.15, -0.1) is 0 Å². The van der Waals surface area contributed by atoms with Crippen LogP contribution in [-0.4, -0.2) is 29.9 Å². The summed E-state index contributed by atoms with van der Waals surface area (Å²) in [6.07, 6.45) is 2.14. The highest BCUT2D eigenvalue weighted by Gasteiger charge is 2.19. The molecule has 3 rings (SSSR count). The molecular formula is C20H23N3O2. The van der Waals surface area contributed by atoms with Crippen LogP contribution in [0.25, 0.3) is 0 Å². The summed E-state index contributed by atoms with van der Waals surface area (Å²) >= 11 is 0.